The normalized spacial score (nSPS) is 17.8. The summed E-state index contributed by atoms with van der Waals surface area (Å²) in [4.78, 5) is 6.80. The summed E-state index contributed by atoms with van der Waals surface area (Å²) >= 11 is 9.42. The monoisotopic (exact) mass is 234 g/mol. The third-order valence-electron chi connectivity index (χ3n) is 1.96. The molecule has 1 fully saturated rings. The van der Waals surface area contributed by atoms with Gasteiger partial charge in [-0.05, 0) is 0 Å². The van der Waals surface area contributed by atoms with Gasteiger partial charge in [0, 0.05) is 30.0 Å². The van der Waals surface area contributed by atoms with Gasteiger partial charge >= 0.3 is 0 Å². The molecule has 0 amide bonds. The number of nitrogens with zero attached hydrogens (tertiary/aromatic N) is 2. The van der Waals surface area contributed by atoms with Gasteiger partial charge in [0.1, 0.15) is 0 Å². The summed E-state index contributed by atoms with van der Waals surface area (Å²) in [5.74, 6) is 2.96. The second-order valence-corrected chi connectivity index (χ2v) is 5.18. The van der Waals surface area contributed by atoms with Crippen LogP contribution >= 0.6 is 34.7 Å². The maximum Gasteiger partial charge on any atom is 0.185 e. The SMILES string of the molecule is ClCc1csc(N2CCSCC2)n1. The first-order chi connectivity index (χ1) is 6.40. The second-order valence-electron chi connectivity index (χ2n) is 2.85. The van der Waals surface area contributed by atoms with Gasteiger partial charge in [0.25, 0.3) is 0 Å². The molecule has 0 aliphatic carbocycles. The van der Waals surface area contributed by atoms with E-state index in [0.717, 1.165) is 23.9 Å². The Morgan fingerprint density at radius 3 is 2.85 bits per heavy atom. The molecule has 1 aliphatic rings. The quantitative estimate of drug-likeness (QED) is 0.732. The molecule has 0 unspecified atom stereocenters. The third kappa shape index (κ3) is 2.30. The Morgan fingerprint density at radius 1 is 1.46 bits per heavy atom. The van der Waals surface area contributed by atoms with E-state index >= 15 is 0 Å². The summed E-state index contributed by atoms with van der Waals surface area (Å²) in [6.07, 6.45) is 0. The maximum atomic E-state index is 5.70. The average Bonchev–Trinajstić information content (AvgIpc) is 2.67. The Hall–Kier alpha value is 0.0700. The highest BCUT2D eigenvalue weighted by Gasteiger charge is 2.13. The van der Waals surface area contributed by atoms with E-state index < -0.39 is 0 Å². The van der Waals surface area contributed by atoms with Crippen molar-refractivity contribution < 1.29 is 0 Å². The van der Waals surface area contributed by atoms with Gasteiger partial charge in [0.05, 0.1) is 11.6 Å². The van der Waals surface area contributed by atoms with Crippen LogP contribution in [-0.2, 0) is 5.88 Å². The second kappa shape index (κ2) is 4.53. The minimum Gasteiger partial charge on any atom is -0.346 e. The Morgan fingerprint density at radius 2 is 2.23 bits per heavy atom. The molecule has 0 bridgehead atoms. The third-order valence-corrected chi connectivity index (χ3v) is 4.12. The van der Waals surface area contributed by atoms with Crippen molar-refractivity contribution in [1.82, 2.24) is 4.98 Å². The van der Waals surface area contributed by atoms with Crippen molar-refractivity contribution in [1.29, 1.82) is 0 Å². The summed E-state index contributed by atoms with van der Waals surface area (Å²) < 4.78 is 0. The average molecular weight is 235 g/mol. The number of hydrogen-bond donors (Lipinski definition) is 0. The zero-order valence-corrected chi connectivity index (χ0v) is 9.59. The first-order valence-corrected chi connectivity index (χ1v) is 6.80. The van der Waals surface area contributed by atoms with Gasteiger partial charge in [0.2, 0.25) is 0 Å². The molecule has 2 heterocycles. The van der Waals surface area contributed by atoms with Crippen LogP contribution < -0.4 is 4.90 Å². The van der Waals surface area contributed by atoms with Crippen molar-refractivity contribution in [2.75, 3.05) is 29.5 Å². The highest BCUT2D eigenvalue weighted by molar-refractivity contribution is 7.99. The van der Waals surface area contributed by atoms with Crippen LogP contribution in [0.15, 0.2) is 5.38 Å². The van der Waals surface area contributed by atoms with Crippen LogP contribution in [0.1, 0.15) is 5.69 Å². The zero-order valence-electron chi connectivity index (χ0n) is 7.20. The van der Waals surface area contributed by atoms with Gasteiger partial charge in [0.15, 0.2) is 5.13 Å². The van der Waals surface area contributed by atoms with Crippen molar-refractivity contribution in [3.8, 4) is 0 Å². The van der Waals surface area contributed by atoms with E-state index in [1.807, 2.05) is 17.1 Å². The van der Waals surface area contributed by atoms with E-state index in [1.54, 1.807) is 11.3 Å². The van der Waals surface area contributed by atoms with Crippen LogP contribution in [0.3, 0.4) is 0 Å². The number of anilines is 1. The van der Waals surface area contributed by atoms with Gasteiger partial charge in [-0.2, -0.15) is 11.8 Å². The fraction of sp³-hybridized carbons (Fsp3) is 0.625. The molecule has 1 aliphatic heterocycles. The predicted octanol–water partition coefficient (Wildman–Crippen LogP) is 2.44. The van der Waals surface area contributed by atoms with Crippen LogP contribution in [0.5, 0.6) is 0 Å². The molecule has 0 aromatic carbocycles. The molecule has 1 saturated heterocycles. The lowest BCUT2D eigenvalue weighted by molar-refractivity contribution is 0.850. The minimum atomic E-state index is 0.527. The molecule has 1 aromatic heterocycles. The van der Waals surface area contributed by atoms with Crippen LogP contribution in [0.2, 0.25) is 0 Å². The summed E-state index contributed by atoms with van der Waals surface area (Å²) in [5.41, 5.74) is 1.000. The molecule has 0 N–H and O–H groups in total. The van der Waals surface area contributed by atoms with Crippen LogP contribution in [0.25, 0.3) is 0 Å². The van der Waals surface area contributed by atoms with Crippen molar-refractivity contribution in [2.24, 2.45) is 0 Å². The number of rotatable bonds is 2. The number of hydrogen-bond acceptors (Lipinski definition) is 4. The molecule has 2 rings (SSSR count). The number of aromatic nitrogens is 1. The lowest BCUT2D eigenvalue weighted by atomic mass is 10.5. The van der Waals surface area contributed by atoms with Gasteiger partial charge < -0.3 is 4.90 Å². The Labute approximate surface area is 91.3 Å². The highest BCUT2D eigenvalue weighted by Crippen LogP contribution is 2.24. The van der Waals surface area contributed by atoms with Crippen LogP contribution in [0.4, 0.5) is 5.13 Å². The summed E-state index contributed by atoms with van der Waals surface area (Å²) in [6, 6.07) is 0. The topological polar surface area (TPSA) is 16.1 Å². The first kappa shape index (κ1) is 9.62. The number of halogens is 1. The van der Waals surface area contributed by atoms with Crippen LogP contribution in [0, 0.1) is 0 Å². The molecular weight excluding hydrogens is 224 g/mol. The van der Waals surface area contributed by atoms with E-state index in [4.69, 9.17) is 11.6 Å². The summed E-state index contributed by atoms with van der Waals surface area (Å²) in [5, 5.41) is 3.18. The fourth-order valence-electron chi connectivity index (χ4n) is 1.26. The molecule has 72 valence electrons. The zero-order chi connectivity index (χ0) is 9.10. The van der Waals surface area contributed by atoms with Gasteiger partial charge in [-0.25, -0.2) is 4.98 Å². The van der Waals surface area contributed by atoms with Crippen molar-refractivity contribution in [2.45, 2.75) is 5.88 Å². The van der Waals surface area contributed by atoms with E-state index in [2.05, 4.69) is 9.88 Å². The van der Waals surface area contributed by atoms with Gasteiger partial charge in [-0.3, -0.25) is 0 Å². The van der Waals surface area contributed by atoms with Gasteiger partial charge in [-0.1, -0.05) is 0 Å². The number of thioether (sulfide) groups is 1. The predicted molar refractivity (Wildman–Crippen MR) is 61.2 cm³/mol. The Kier molecular flexibility index (Phi) is 3.35. The molecule has 0 atom stereocenters. The molecule has 5 heteroatoms. The van der Waals surface area contributed by atoms with Gasteiger partial charge in [-0.15, -0.1) is 22.9 Å². The van der Waals surface area contributed by atoms with E-state index in [-0.39, 0.29) is 0 Å². The van der Waals surface area contributed by atoms with Crippen LogP contribution in [-0.4, -0.2) is 29.6 Å². The molecule has 0 radical (unpaired) electrons. The van der Waals surface area contributed by atoms with Crippen molar-refractivity contribution in [3.05, 3.63) is 11.1 Å². The summed E-state index contributed by atoms with van der Waals surface area (Å²) in [7, 11) is 0. The fourth-order valence-corrected chi connectivity index (χ4v) is 3.27. The van der Waals surface area contributed by atoms with E-state index in [1.165, 1.54) is 11.5 Å². The lowest BCUT2D eigenvalue weighted by Gasteiger charge is -2.25. The molecular formula is C8H11ClN2S2. The van der Waals surface area contributed by atoms with Crippen molar-refractivity contribution in [3.63, 3.8) is 0 Å². The van der Waals surface area contributed by atoms with E-state index in [0.29, 0.717) is 5.88 Å². The largest absolute Gasteiger partial charge is 0.346 e. The smallest absolute Gasteiger partial charge is 0.185 e. The maximum absolute atomic E-state index is 5.70. The molecule has 1 aromatic rings. The molecule has 13 heavy (non-hydrogen) atoms. The number of alkyl halides is 1. The summed E-state index contributed by atoms with van der Waals surface area (Å²) in [6.45, 7) is 2.25. The molecule has 2 nitrogen and oxygen atoms in total. The molecule has 0 spiro atoms. The minimum absolute atomic E-state index is 0.527. The molecule has 0 saturated carbocycles. The number of thiazole rings is 1. The first-order valence-electron chi connectivity index (χ1n) is 4.23. The lowest BCUT2D eigenvalue weighted by Crippen LogP contribution is -2.32. The van der Waals surface area contributed by atoms with Crippen molar-refractivity contribution >= 4 is 39.8 Å². The van der Waals surface area contributed by atoms with E-state index in [9.17, 15) is 0 Å². The Balaban J connectivity index is 2.05. The highest BCUT2D eigenvalue weighted by atomic mass is 35.5. The standard InChI is InChI=1S/C8H11ClN2S2/c9-5-7-6-13-8(10-7)11-1-3-12-4-2-11/h6H,1-5H2. The Bertz CT molecular complexity index is 271.